The van der Waals surface area contributed by atoms with Crippen LogP contribution in [-0.2, 0) is 4.79 Å². The van der Waals surface area contributed by atoms with Gasteiger partial charge in [-0.05, 0) is 18.6 Å². The smallest absolute Gasteiger partial charge is 0.311 e. The van der Waals surface area contributed by atoms with Crippen LogP contribution in [0, 0.1) is 0 Å². The maximum Gasteiger partial charge on any atom is 0.311 e. The molecule has 1 aromatic rings. The summed E-state index contributed by atoms with van der Waals surface area (Å²) in [4.78, 5) is 11.7. The van der Waals surface area contributed by atoms with Gasteiger partial charge in [0.1, 0.15) is 5.75 Å². The van der Waals surface area contributed by atoms with Gasteiger partial charge in [0.25, 0.3) is 0 Å². The van der Waals surface area contributed by atoms with Crippen molar-refractivity contribution >= 4 is 23.3 Å². The molecule has 0 radical (unpaired) electrons. The van der Waals surface area contributed by atoms with Crippen molar-refractivity contribution in [1.29, 1.82) is 0 Å². The van der Waals surface area contributed by atoms with Crippen molar-refractivity contribution in [2.45, 2.75) is 110 Å². The zero-order valence-corrected chi connectivity index (χ0v) is 17.0. The highest BCUT2D eigenvalue weighted by Gasteiger charge is 2.03. The van der Waals surface area contributed by atoms with Crippen molar-refractivity contribution in [2.75, 3.05) is 0 Å². The molecule has 1 aromatic carbocycles. The van der Waals surface area contributed by atoms with Crippen LogP contribution in [0.3, 0.4) is 0 Å². The molecule has 0 saturated heterocycles. The van der Waals surface area contributed by atoms with Crippen LogP contribution < -0.4 is 4.74 Å². The Kier molecular flexibility index (Phi) is 19.4. The van der Waals surface area contributed by atoms with Gasteiger partial charge >= 0.3 is 5.97 Å². The van der Waals surface area contributed by atoms with Crippen molar-refractivity contribution in [3.05, 3.63) is 30.3 Å². The van der Waals surface area contributed by atoms with Gasteiger partial charge in [0.05, 0.1) is 0 Å². The molecule has 2 nitrogen and oxygen atoms in total. The molecule has 0 aliphatic rings. The van der Waals surface area contributed by atoms with Crippen LogP contribution in [0.4, 0.5) is 0 Å². The summed E-state index contributed by atoms with van der Waals surface area (Å²) >= 11 is 0. The van der Waals surface area contributed by atoms with Crippen LogP contribution in [0.2, 0.25) is 0 Å². The Bertz CT molecular complexity index is 433. The van der Waals surface area contributed by atoms with Gasteiger partial charge in [-0.3, -0.25) is 4.79 Å². The normalized spacial score (nSPS) is 10.4. The fourth-order valence-electron chi connectivity index (χ4n) is 3.31. The first-order valence-electron chi connectivity index (χ1n) is 11.1. The fraction of sp³-hybridized carbons (Fsp3) is 0.708. The van der Waals surface area contributed by atoms with Crippen LogP contribution in [0.5, 0.6) is 5.75 Å². The zero-order valence-electron chi connectivity index (χ0n) is 17.0. The van der Waals surface area contributed by atoms with Crippen molar-refractivity contribution in [3.8, 4) is 5.75 Å². The molecule has 0 spiro atoms. The lowest BCUT2D eigenvalue weighted by Crippen LogP contribution is -2.07. The van der Waals surface area contributed by atoms with Crippen molar-refractivity contribution < 1.29 is 9.53 Å². The molecule has 0 aromatic heterocycles. The number of para-hydroxylation sites is 1. The van der Waals surface area contributed by atoms with Gasteiger partial charge in [0.2, 0.25) is 0 Å². The average Bonchev–Trinajstić information content (AvgIpc) is 2.65. The summed E-state index contributed by atoms with van der Waals surface area (Å²) in [6.45, 7) is 2.28. The summed E-state index contributed by atoms with van der Waals surface area (Å²) in [6.07, 6.45) is 20.7. The summed E-state index contributed by atoms with van der Waals surface area (Å²) < 4.78 is 5.29. The fourth-order valence-corrected chi connectivity index (χ4v) is 3.31. The first kappa shape index (κ1) is 26.2. The predicted molar refractivity (Wildman–Crippen MR) is 122 cm³/mol. The van der Waals surface area contributed by atoms with Crippen LogP contribution in [0.15, 0.2) is 30.3 Å². The van der Waals surface area contributed by atoms with E-state index in [0.717, 1.165) is 12.8 Å². The van der Waals surface area contributed by atoms with Gasteiger partial charge in [-0.25, -0.2) is 0 Å². The second kappa shape index (κ2) is 20.0. The molecular formula is C24H43AlO2. The van der Waals surface area contributed by atoms with Gasteiger partial charge in [0, 0.05) is 6.42 Å². The Morgan fingerprint density at radius 1 is 0.667 bits per heavy atom. The molecule has 0 atom stereocenters. The summed E-state index contributed by atoms with van der Waals surface area (Å²) in [5, 5.41) is 0. The number of carbonyl (C=O) groups excluding carboxylic acids is 1. The van der Waals surface area contributed by atoms with Crippen LogP contribution in [0.1, 0.15) is 110 Å². The molecule has 0 saturated carbocycles. The molecule has 0 aliphatic carbocycles. The van der Waals surface area contributed by atoms with E-state index in [1.807, 2.05) is 30.3 Å². The lowest BCUT2D eigenvalue weighted by Gasteiger charge is -2.04. The summed E-state index contributed by atoms with van der Waals surface area (Å²) in [7, 11) is 0. The van der Waals surface area contributed by atoms with Gasteiger partial charge < -0.3 is 4.74 Å². The predicted octanol–water partition coefficient (Wildman–Crippen LogP) is 6.67. The molecule has 0 N–H and O–H groups in total. The number of ether oxygens (including phenoxy) is 1. The molecule has 0 heterocycles. The minimum absolute atomic E-state index is 0. The molecule has 3 heteroatoms. The van der Waals surface area contributed by atoms with Crippen LogP contribution in [0.25, 0.3) is 0 Å². The average molecular weight is 391 g/mol. The third-order valence-corrected chi connectivity index (χ3v) is 4.96. The second-order valence-corrected chi connectivity index (χ2v) is 7.49. The Balaban J connectivity index is 0.00000676. The topological polar surface area (TPSA) is 26.3 Å². The molecule has 0 aliphatic heterocycles. The summed E-state index contributed by atoms with van der Waals surface area (Å²) in [5.41, 5.74) is 0. The van der Waals surface area contributed by atoms with E-state index in [0.29, 0.717) is 12.2 Å². The molecule has 0 unspecified atom stereocenters. The molecule has 0 fully saturated rings. The van der Waals surface area contributed by atoms with Crippen molar-refractivity contribution in [2.24, 2.45) is 0 Å². The lowest BCUT2D eigenvalue weighted by molar-refractivity contribution is -0.134. The monoisotopic (exact) mass is 390 g/mol. The number of carbonyl (C=O) groups is 1. The number of rotatable bonds is 17. The molecular weight excluding hydrogens is 347 g/mol. The molecule has 0 amide bonds. The largest absolute Gasteiger partial charge is 0.427 e. The molecule has 1 rings (SSSR count). The second-order valence-electron chi connectivity index (χ2n) is 7.49. The summed E-state index contributed by atoms with van der Waals surface area (Å²) in [6, 6.07) is 9.34. The Morgan fingerprint density at radius 3 is 1.52 bits per heavy atom. The number of esters is 1. The first-order chi connectivity index (χ1) is 12.8. The standard InChI is InChI=1S/C24H40O2.Al.3H/c1-2-3-4-5-6-7-8-9-10-11-12-13-14-15-19-22-24(25)26-23-20-17-16-18-21-23;;;;/h16-18,20-21H,2-15,19,22H2,1H3;;;;. The minimum atomic E-state index is -0.106. The van der Waals surface area contributed by atoms with Gasteiger partial charge in [-0.15, -0.1) is 0 Å². The first-order valence-corrected chi connectivity index (χ1v) is 11.1. The Hall–Kier alpha value is -0.778. The molecule has 27 heavy (non-hydrogen) atoms. The SMILES string of the molecule is CCCCCCCCCCCCCCCCCC(=O)Oc1ccccc1.[AlH3]. The Labute approximate surface area is 178 Å². The quantitative estimate of drug-likeness (QED) is 0.128. The highest BCUT2D eigenvalue weighted by molar-refractivity contribution is 5.75. The van der Waals surface area contributed by atoms with E-state index >= 15 is 0 Å². The van der Waals surface area contributed by atoms with E-state index in [4.69, 9.17) is 4.74 Å². The van der Waals surface area contributed by atoms with E-state index in [-0.39, 0.29) is 23.3 Å². The van der Waals surface area contributed by atoms with E-state index < -0.39 is 0 Å². The highest BCUT2D eigenvalue weighted by Crippen LogP contribution is 2.14. The zero-order chi connectivity index (χ0) is 18.7. The van der Waals surface area contributed by atoms with E-state index in [9.17, 15) is 4.79 Å². The van der Waals surface area contributed by atoms with Crippen LogP contribution >= 0.6 is 0 Å². The number of hydrogen-bond donors (Lipinski definition) is 0. The maximum absolute atomic E-state index is 11.7. The third-order valence-electron chi connectivity index (χ3n) is 4.96. The molecule has 0 bridgehead atoms. The van der Waals surface area contributed by atoms with E-state index in [2.05, 4.69) is 6.92 Å². The van der Waals surface area contributed by atoms with E-state index in [1.54, 1.807) is 0 Å². The van der Waals surface area contributed by atoms with Crippen molar-refractivity contribution in [1.82, 2.24) is 0 Å². The van der Waals surface area contributed by atoms with Gasteiger partial charge in [0.15, 0.2) is 17.4 Å². The Morgan fingerprint density at radius 2 is 1.07 bits per heavy atom. The van der Waals surface area contributed by atoms with Crippen LogP contribution in [-0.4, -0.2) is 23.3 Å². The van der Waals surface area contributed by atoms with Gasteiger partial charge in [-0.2, -0.15) is 0 Å². The van der Waals surface area contributed by atoms with E-state index in [1.165, 1.54) is 83.5 Å². The van der Waals surface area contributed by atoms with Gasteiger partial charge in [-0.1, -0.05) is 115 Å². The maximum atomic E-state index is 11.7. The molecule has 154 valence electrons. The number of benzene rings is 1. The third kappa shape index (κ3) is 17.1. The van der Waals surface area contributed by atoms with Crippen molar-refractivity contribution in [3.63, 3.8) is 0 Å². The highest BCUT2D eigenvalue weighted by atomic mass is 27.0. The summed E-state index contributed by atoms with van der Waals surface area (Å²) in [5.74, 6) is 0.546. The lowest BCUT2D eigenvalue weighted by atomic mass is 10.0. The number of hydrogen-bond acceptors (Lipinski definition) is 2. The minimum Gasteiger partial charge on any atom is -0.427 e. The number of unbranched alkanes of at least 4 members (excludes halogenated alkanes) is 14.